The molecule has 2 aromatic rings. The summed E-state index contributed by atoms with van der Waals surface area (Å²) < 4.78 is 20.3. The van der Waals surface area contributed by atoms with Gasteiger partial charge in [0.05, 0.1) is 12.0 Å². The highest BCUT2D eigenvalue weighted by Crippen LogP contribution is 2.15. The average Bonchev–Trinajstić information content (AvgIpc) is 2.47. The largest absolute Gasteiger partial charge is 0.462 e. The summed E-state index contributed by atoms with van der Waals surface area (Å²) in [6.45, 7) is 7.59. The van der Waals surface area contributed by atoms with E-state index >= 15 is 0 Å². The summed E-state index contributed by atoms with van der Waals surface area (Å²) in [5.41, 5.74) is -0.339. The Labute approximate surface area is 120 Å². The number of esters is 1. The molecule has 0 aliphatic rings. The molecule has 2 rings (SSSR count). The third-order valence-electron chi connectivity index (χ3n) is 3.06. The molecule has 6 heteroatoms. The lowest BCUT2D eigenvalue weighted by Crippen LogP contribution is -2.21. The number of carbonyl (C=O) groups excluding carboxylic acids is 1. The number of pyridine rings is 2. The first kappa shape index (κ1) is 14.9. The van der Waals surface area contributed by atoms with Gasteiger partial charge in [0.15, 0.2) is 0 Å². The van der Waals surface area contributed by atoms with E-state index in [0.29, 0.717) is 12.2 Å². The number of nitrogens with zero attached hydrogens (tertiary/aromatic N) is 2. The molecule has 2 heterocycles. The van der Waals surface area contributed by atoms with Crippen molar-refractivity contribution in [3.8, 4) is 0 Å². The highest BCUT2D eigenvalue weighted by atomic mass is 19.1. The van der Waals surface area contributed by atoms with Crippen LogP contribution in [-0.4, -0.2) is 22.1 Å². The Balaban J connectivity index is 2.83. The van der Waals surface area contributed by atoms with Crippen LogP contribution in [0.5, 0.6) is 0 Å². The normalized spacial score (nSPS) is 10.6. The SMILES string of the molecule is C=Cc1nc2c(cc1F)c(=O)c(C(=O)OCC)cn2CC. The number of carbonyl (C=O) groups is 1. The molecule has 0 saturated heterocycles. The van der Waals surface area contributed by atoms with E-state index in [1.165, 1.54) is 12.3 Å². The molecule has 0 bridgehead atoms. The molecule has 0 N–H and O–H groups in total. The Morgan fingerprint density at radius 3 is 2.81 bits per heavy atom. The molecule has 2 aromatic heterocycles. The number of aryl methyl sites for hydroxylation is 1. The van der Waals surface area contributed by atoms with Crippen molar-refractivity contribution in [1.82, 2.24) is 9.55 Å². The molecular formula is C15H15FN2O3. The Bertz CT molecular complexity index is 781. The predicted octanol–water partition coefficient (Wildman–Crippen LogP) is 2.38. The third kappa shape index (κ3) is 2.56. The van der Waals surface area contributed by atoms with Crippen LogP contribution >= 0.6 is 0 Å². The summed E-state index contributed by atoms with van der Waals surface area (Å²) in [7, 11) is 0. The van der Waals surface area contributed by atoms with Gasteiger partial charge in [-0.25, -0.2) is 14.2 Å². The fourth-order valence-electron chi connectivity index (χ4n) is 2.04. The summed E-state index contributed by atoms with van der Waals surface area (Å²) in [4.78, 5) is 28.2. The molecule has 0 aliphatic heterocycles. The van der Waals surface area contributed by atoms with E-state index in [1.807, 2.05) is 6.92 Å². The van der Waals surface area contributed by atoms with E-state index < -0.39 is 17.2 Å². The van der Waals surface area contributed by atoms with Gasteiger partial charge in [-0.05, 0) is 26.0 Å². The molecule has 0 radical (unpaired) electrons. The Hall–Kier alpha value is -2.50. The Morgan fingerprint density at radius 2 is 2.24 bits per heavy atom. The number of ether oxygens (including phenoxy) is 1. The molecule has 0 fully saturated rings. The summed E-state index contributed by atoms with van der Waals surface area (Å²) in [6, 6.07) is 1.08. The predicted molar refractivity (Wildman–Crippen MR) is 77.7 cm³/mol. The second-order valence-corrected chi connectivity index (χ2v) is 4.31. The molecule has 0 amide bonds. The van der Waals surface area contributed by atoms with E-state index in [1.54, 1.807) is 11.5 Å². The van der Waals surface area contributed by atoms with Crippen molar-refractivity contribution >= 4 is 23.1 Å². The topological polar surface area (TPSA) is 61.2 Å². The summed E-state index contributed by atoms with van der Waals surface area (Å²) >= 11 is 0. The summed E-state index contributed by atoms with van der Waals surface area (Å²) in [6.07, 6.45) is 2.67. The molecule has 0 saturated carbocycles. The lowest BCUT2D eigenvalue weighted by Gasteiger charge is -2.11. The van der Waals surface area contributed by atoms with Gasteiger partial charge >= 0.3 is 5.97 Å². The summed E-state index contributed by atoms with van der Waals surface area (Å²) in [5.74, 6) is -1.38. The first-order valence-electron chi connectivity index (χ1n) is 6.56. The van der Waals surface area contributed by atoms with Gasteiger partial charge < -0.3 is 9.30 Å². The van der Waals surface area contributed by atoms with E-state index in [9.17, 15) is 14.0 Å². The molecule has 21 heavy (non-hydrogen) atoms. The van der Waals surface area contributed by atoms with Crippen LogP contribution in [0.1, 0.15) is 29.9 Å². The third-order valence-corrected chi connectivity index (χ3v) is 3.06. The minimum atomic E-state index is -0.722. The maximum atomic E-state index is 13.8. The molecule has 0 unspecified atom stereocenters. The molecule has 0 spiro atoms. The number of hydrogen-bond acceptors (Lipinski definition) is 4. The van der Waals surface area contributed by atoms with Gasteiger partial charge in [0.2, 0.25) is 5.43 Å². The zero-order chi connectivity index (χ0) is 15.6. The minimum Gasteiger partial charge on any atom is -0.462 e. The van der Waals surface area contributed by atoms with E-state index in [-0.39, 0.29) is 23.3 Å². The van der Waals surface area contributed by atoms with Crippen molar-refractivity contribution in [2.24, 2.45) is 0 Å². The Kier molecular flexibility index (Phi) is 4.16. The number of halogens is 1. The smallest absolute Gasteiger partial charge is 0.343 e. The quantitative estimate of drug-likeness (QED) is 0.811. The van der Waals surface area contributed by atoms with Gasteiger partial charge in [-0.3, -0.25) is 4.79 Å². The highest BCUT2D eigenvalue weighted by Gasteiger charge is 2.18. The van der Waals surface area contributed by atoms with Crippen molar-refractivity contribution in [2.45, 2.75) is 20.4 Å². The van der Waals surface area contributed by atoms with Crippen LogP contribution in [0.15, 0.2) is 23.6 Å². The van der Waals surface area contributed by atoms with Gasteiger partial charge in [0.25, 0.3) is 0 Å². The standard InChI is InChI=1S/C15H15FN2O3/c1-4-12-11(16)7-9-13(19)10(15(20)21-6-3)8-18(5-2)14(9)17-12/h4,7-8H,1,5-6H2,2-3H3. The van der Waals surface area contributed by atoms with Crippen LogP contribution < -0.4 is 5.43 Å². The van der Waals surface area contributed by atoms with Crippen molar-refractivity contribution in [2.75, 3.05) is 6.61 Å². The van der Waals surface area contributed by atoms with Crippen molar-refractivity contribution in [3.63, 3.8) is 0 Å². The van der Waals surface area contributed by atoms with Gasteiger partial charge in [0, 0.05) is 12.7 Å². The second kappa shape index (κ2) is 5.87. The van der Waals surface area contributed by atoms with Crippen molar-refractivity contribution in [3.05, 3.63) is 46.1 Å². The van der Waals surface area contributed by atoms with E-state index in [2.05, 4.69) is 11.6 Å². The number of rotatable bonds is 4. The van der Waals surface area contributed by atoms with Crippen molar-refractivity contribution in [1.29, 1.82) is 0 Å². The zero-order valence-corrected chi connectivity index (χ0v) is 11.9. The first-order chi connectivity index (χ1) is 10.0. The molecule has 0 aromatic carbocycles. The minimum absolute atomic E-state index is 0.0468. The zero-order valence-electron chi connectivity index (χ0n) is 11.9. The number of hydrogen-bond donors (Lipinski definition) is 0. The molecule has 110 valence electrons. The van der Waals surface area contributed by atoms with Crippen LogP contribution in [0.25, 0.3) is 17.1 Å². The first-order valence-corrected chi connectivity index (χ1v) is 6.56. The van der Waals surface area contributed by atoms with Crippen LogP contribution in [0, 0.1) is 5.82 Å². The average molecular weight is 290 g/mol. The molecule has 5 nitrogen and oxygen atoms in total. The summed E-state index contributed by atoms with van der Waals surface area (Å²) in [5, 5.41) is 0.0468. The second-order valence-electron chi connectivity index (χ2n) is 4.31. The molecule has 0 atom stereocenters. The van der Waals surface area contributed by atoms with Crippen molar-refractivity contribution < 1.29 is 13.9 Å². The van der Waals surface area contributed by atoms with Gasteiger partial charge in [0.1, 0.15) is 22.7 Å². The lowest BCUT2D eigenvalue weighted by molar-refractivity contribution is 0.0524. The van der Waals surface area contributed by atoms with Crippen LogP contribution in [0.2, 0.25) is 0 Å². The van der Waals surface area contributed by atoms with Gasteiger partial charge in [-0.1, -0.05) is 6.58 Å². The Morgan fingerprint density at radius 1 is 1.52 bits per heavy atom. The highest BCUT2D eigenvalue weighted by molar-refractivity contribution is 5.93. The maximum Gasteiger partial charge on any atom is 0.343 e. The van der Waals surface area contributed by atoms with Crippen LogP contribution in [0.3, 0.4) is 0 Å². The molecular weight excluding hydrogens is 275 g/mol. The van der Waals surface area contributed by atoms with Gasteiger partial charge in [-0.2, -0.15) is 0 Å². The lowest BCUT2D eigenvalue weighted by atomic mass is 10.1. The fraction of sp³-hybridized carbons (Fsp3) is 0.267. The maximum absolute atomic E-state index is 13.8. The van der Waals surface area contributed by atoms with Crippen LogP contribution in [-0.2, 0) is 11.3 Å². The van der Waals surface area contributed by atoms with Crippen LogP contribution in [0.4, 0.5) is 4.39 Å². The van der Waals surface area contributed by atoms with Gasteiger partial charge in [-0.15, -0.1) is 0 Å². The number of fused-ring (bicyclic) bond motifs is 1. The monoisotopic (exact) mass is 290 g/mol. The van der Waals surface area contributed by atoms with E-state index in [0.717, 1.165) is 6.07 Å². The fourth-order valence-corrected chi connectivity index (χ4v) is 2.04. The van der Waals surface area contributed by atoms with E-state index in [4.69, 9.17) is 4.74 Å². The number of aromatic nitrogens is 2. The molecule has 0 aliphatic carbocycles.